The number of anilines is 2. The lowest BCUT2D eigenvalue weighted by Crippen LogP contribution is -2.31. The molecule has 20 heavy (non-hydrogen) atoms. The molecule has 0 saturated carbocycles. The minimum Gasteiger partial charge on any atom is -0.496 e. The maximum Gasteiger partial charge on any atom is 0.221 e. The highest BCUT2D eigenvalue weighted by atomic mass is 16.5. The van der Waals surface area contributed by atoms with Crippen LogP contribution < -0.4 is 15.4 Å². The van der Waals surface area contributed by atoms with Gasteiger partial charge in [-0.3, -0.25) is 0 Å². The van der Waals surface area contributed by atoms with Crippen molar-refractivity contribution in [2.45, 2.75) is 19.4 Å². The summed E-state index contributed by atoms with van der Waals surface area (Å²) < 4.78 is 5.39. The average Bonchev–Trinajstić information content (AvgIpc) is 2.47. The van der Waals surface area contributed by atoms with E-state index in [1.165, 1.54) is 5.56 Å². The molecule has 2 rings (SSSR count). The summed E-state index contributed by atoms with van der Waals surface area (Å²) in [7, 11) is 3.69. The average molecular weight is 272 g/mol. The van der Waals surface area contributed by atoms with Crippen LogP contribution in [0.3, 0.4) is 0 Å². The largest absolute Gasteiger partial charge is 0.496 e. The van der Waals surface area contributed by atoms with Crippen LogP contribution in [-0.2, 0) is 6.42 Å². The van der Waals surface area contributed by atoms with Crippen molar-refractivity contribution in [2.24, 2.45) is 0 Å². The maximum atomic E-state index is 5.63. The first-order valence-corrected chi connectivity index (χ1v) is 6.55. The Morgan fingerprint density at radius 1 is 1.30 bits per heavy atom. The van der Waals surface area contributed by atoms with E-state index in [-0.39, 0.29) is 6.04 Å². The number of hydrogen-bond donors (Lipinski definition) is 1. The van der Waals surface area contributed by atoms with Crippen molar-refractivity contribution >= 4 is 11.8 Å². The van der Waals surface area contributed by atoms with E-state index >= 15 is 0 Å². The molecule has 0 aliphatic rings. The lowest BCUT2D eigenvalue weighted by Gasteiger charge is -2.26. The van der Waals surface area contributed by atoms with Gasteiger partial charge < -0.3 is 15.4 Å². The summed E-state index contributed by atoms with van der Waals surface area (Å²) in [4.78, 5) is 10.2. The fourth-order valence-corrected chi connectivity index (χ4v) is 2.11. The van der Waals surface area contributed by atoms with Gasteiger partial charge in [-0.2, -0.15) is 4.98 Å². The third kappa shape index (κ3) is 3.17. The summed E-state index contributed by atoms with van der Waals surface area (Å²) in [5.74, 6) is 2.02. The van der Waals surface area contributed by atoms with Crippen molar-refractivity contribution in [3.8, 4) is 5.75 Å². The molecule has 0 bridgehead atoms. The molecule has 0 amide bonds. The standard InChI is InChI=1S/C15H20N4O/c1-11(10-12-6-4-5-7-13(12)20-3)19(2)14-8-9-17-15(16)18-14/h4-9,11H,10H2,1-3H3,(H2,16,17,18). The van der Waals surface area contributed by atoms with E-state index in [4.69, 9.17) is 10.5 Å². The van der Waals surface area contributed by atoms with Crippen molar-refractivity contribution in [1.29, 1.82) is 0 Å². The topological polar surface area (TPSA) is 64.3 Å². The van der Waals surface area contributed by atoms with E-state index < -0.39 is 0 Å². The number of rotatable bonds is 5. The van der Waals surface area contributed by atoms with Gasteiger partial charge in [0.1, 0.15) is 11.6 Å². The van der Waals surface area contributed by atoms with Gasteiger partial charge >= 0.3 is 0 Å². The van der Waals surface area contributed by atoms with E-state index in [9.17, 15) is 0 Å². The Labute approximate surface area is 119 Å². The number of nitrogen functional groups attached to an aromatic ring is 1. The van der Waals surface area contributed by atoms with Gasteiger partial charge in [0, 0.05) is 19.3 Å². The van der Waals surface area contributed by atoms with Crippen molar-refractivity contribution in [2.75, 3.05) is 24.8 Å². The summed E-state index contributed by atoms with van der Waals surface area (Å²) in [6.07, 6.45) is 2.54. The molecule has 1 unspecified atom stereocenters. The molecule has 2 aromatic rings. The molecular weight excluding hydrogens is 252 g/mol. The molecule has 0 spiro atoms. The quantitative estimate of drug-likeness (QED) is 0.903. The first-order chi connectivity index (χ1) is 9.61. The monoisotopic (exact) mass is 272 g/mol. The van der Waals surface area contributed by atoms with Gasteiger partial charge in [-0.25, -0.2) is 4.98 Å². The number of benzene rings is 1. The lowest BCUT2D eigenvalue weighted by atomic mass is 10.1. The Hall–Kier alpha value is -2.30. The van der Waals surface area contributed by atoms with Crippen LogP contribution in [0.1, 0.15) is 12.5 Å². The summed E-state index contributed by atoms with van der Waals surface area (Å²) in [5.41, 5.74) is 6.80. The Balaban J connectivity index is 2.13. The molecule has 2 N–H and O–H groups in total. The number of ether oxygens (including phenoxy) is 1. The molecule has 1 atom stereocenters. The highest BCUT2D eigenvalue weighted by Gasteiger charge is 2.14. The van der Waals surface area contributed by atoms with Crippen molar-refractivity contribution < 1.29 is 4.74 Å². The zero-order valence-corrected chi connectivity index (χ0v) is 12.1. The minimum absolute atomic E-state index is 0.264. The van der Waals surface area contributed by atoms with E-state index in [0.717, 1.165) is 18.0 Å². The van der Waals surface area contributed by atoms with E-state index in [1.807, 2.05) is 31.3 Å². The zero-order valence-electron chi connectivity index (χ0n) is 12.1. The Morgan fingerprint density at radius 2 is 2.05 bits per heavy atom. The second-order valence-corrected chi connectivity index (χ2v) is 4.75. The van der Waals surface area contributed by atoms with Gasteiger partial charge in [0.2, 0.25) is 5.95 Å². The van der Waals surface area contributed by atoms with Gasteiger partial charge in [0.15, 0.2) is 0 Å². The molecule has 0 radical (unpaired) electrons. The molecule has 1 aromatic carbocycles. The van der Waals surface area contributed by atoms with E-state index in [0.29, 0.717) is 5.95 Å². The molecule has 0 aliphatic carbocycles. The smallest absolute Gasteiger partial charge is 0.221 e. The lowest BCUT2D eigenvalue weighted by molar-refractivity contribution is 0.408. The number of nitrogens with zero attached hydrogens (tertiary/aromatic N) is 3. The van der Waals surface area contributed by atoms with Crippen LogP contribution in [0, 0.1) is 0 Å². The van der Waals surface area contributed by atoms with E-state index in [1.54, 1.807) is 13.3 Å². The third-order valence-electron chi connectivity index (χ3n) is 3.39. The number of methoxy groups -OCH3 is 1. The van der Waals surface area contributed by atoms with Crippen LogP contribution in [0.4, 0.5) is 11.8 Å². The third-order valence-corrected chi connectivity index (χ3v) is 3.39. The van der Waals surface area contributed by atoms with Crippen LogP contribution >= 0.6 is 0 Å². The van der Waals surface area contributed by atoms with Crippen LogP contribution in [0.25, 0.3) is 0 Å². The second-order valence-electron chi connectivity index (χ2n) is 4.75. The van der Waals surface area contributed by atoms with Gasteiger partial charge in [-0.1, -0.05) is 18.2 Å². The van der Waals surface area contributed by atoms with Gasteiger partial charge in [-0.05, 0) is 31.0 Å². The SMILES string of the molecule is COc1ccccc1CC(C)N(C)c1ccnc(N)n1. The van der Waals surface area contributed by atoms with Crippen molar-refractivity contribution in [3.05, 3.63) is 42.1 Å². The fraction of sp³-hybridized carbons (Fsp3) is 0.333. The van der Waals surface area contributed by atoms with Crippen molar-refractivity contribution in [1.82, 2.24) is 9.97 Å². The second kappa shape index (κ2) is 6.23. The fourth-order valence-electron chi connectivity index (χ4n) is 2.11. The summed E-state index contributed by atoms with van der Waals surface area (Å²) in [5, 5.41) is 0. The molecule has 0 fully saturated rings. The van der Waals surface area contributed by atoms with Crippen LogP contribution in [-0.4, -0.2) is 30.2 Å². The molecule has 106 valence electrons. The Kier molecular flexibility index (Phi) is 4.40. The van der Waals surface area contributed by atoms with Crippen molar-refractivity contribution in [3.63, 3.8) is 0 Å². The van der Waals surface area contributed by atoms with Gasteiger partial charge in [0.05, 0.1) is 7.11 Å². The molecule has 5 nitrogen and oxygen atoms in total. The summed E-state index contributed by atoms with van der Waals surface area (Å²) >= 11 is 0. The number of nitrogens with two attached hydrogens (primary N) is 1. The summed E-state index contributed by atoms with van der Waals surface area (Å²) in [6.45, 7) is 2.14. The predicted molar refractivity (Wildman–Crippen MR) is 81.0 cm³/mol. The molecule has 5 heteroatoms. The van der Waals surface area contributed by atoms with Crippen LogP contribution in [0.15, 0.2) is 36.5 Å². The first-order valence-electron chi connectivity index (χ1n) is 6.55. The predicted octanol–water partition coefficient (Wildman–Crippen LogP) is 2.13. The minimum atomic E-state index is 0.264. The molecule has 0 aliphatic heterocycles. The van der Waals surface area contributed by atoms with E-state index in [2.05, 4.69) is 27.9 Å². The number of likely N-dealkylation sites (N-methyl/N-ethyl adjacent to an activating group) is 1. The van der Waals surface area contributed by atoms with Gasteiger partial charge in [-0.15, -0.1) is 0 Å². The normalized spacial score (nSPS) is 11.9. The zero-order chi connectivity index (χ0) is 14.5. The highest BCUT2D eigenvalue weighted by molar-refractivity contribution is 5.42. The first kappa shape index (κ1) is 14.1. The summed E-state index contributed by atoms with van der Waals surface area (Å²) in [6, 6.07) is 10.2. The maximum absolute atomic E-state index is 5.63. The molecule has 1 heterocycles. The number of aromatic nitrogens is 2. The number of hydrogen-bond acceptors (Lipinski definition) is 5. The number of para-hydroxylation sites is 1. The molecule has 0 saturated heterocycles. The van der Waals surface area contributed by atoms with Gasteiger partial charge in [0.25, 0.3) is 0 Å². The molecular formula is C15H20N4O. The van der Waals surface area contributed by atoms with Crippen LogP contribution in [0.2, 0.25) is 0 Å². The molecule has 1 aromatic heterocycles. The van der Waals surface area contributed by atoms with Crippen LogP contribution in [0.5, 0.6) is 5.75 Å². The Morgan fingerprint density at radius 3 is 2.75 bits per heavy atom. The Bertz CT molecular complexity index is 573. The highest BCUT2D eigenvalue weighted by Crippen LogP contribution is 2.22.